The van der Waals surface area contributed by atoms with E-state index in [2.05, 4.69) is 5.32 Å². The maximum Gasteiger partial charge on any atom is 0.258 e. The van der Waals surface area contributed by atoms with Crippen LogP contribution in [0.2, 0.25) is 0 Å². The first-order valence-corrected chi connectivity index (χ1v) is 5.60. The van der Waals surface area contributed by atoms with E-state index in [4.69, 9.17) is 14.6 Å². The third kappa shape index (κ3) is 5.51. The highest BCUT2D eigenvalue weighted by Gasteiger charge is 2.04. The zero-order valence-corrected chi connectivity index (χ0v) is 9.96. The standard InChI is InChI=1S/C12H17NO5/c14-6-8-17-7-5-13-12(16)9-18-11-4-2-1-3-10(11)15/h1-4,14-15H,5-9H2,(H,13,16). The molecule has 18 heavy (non-hydrogen) atoms. The van der Waals surface area contributed by atoms with Gasteiger partial charge in [0.25, 0.3) is 5.91 Å². The Balaban J connectivity index is 2.15. The third-order valence-electron chi connectivity index (χ3n) is 2.03. The minimum absolute atomic E-state index is 0.00317. The van der Waals surface area contributed by atoms with E-state index in [0.29, 0.717) is 13.2 Å². The molecule has 0 radical (unpaired) electrons. The number of para-hydroxylation sites is 2. The highest BCUT2D eigenvalue weighted by Crippen LogP contribution is 2.23. The van der Waals surface area contributed by atoms with Crippen LogP contribution in [-0.2, 0) is 9.53 Å². The molecule has 1 aromatic carbocycles. The van der Waals surface area contributed by atoms with Crippen LogP contribution in [0.1, 0.15) is 0 Å². The molecule has 1 aromatic rings. The van der Waals surface area contributed by atoms with Crippen molar-refractivity contribution in [2.24, 2.45) is 0 Å². The van der Waals surface area contributed by atoms with E-state index in [0.717, 1.165) is 0 Å². The summed E-state index contributed by atoms with van der Waals surface area (Å²) < 4.78 is 10.1. The van der Waals surface area contributed by atoms with Crippen molar-refractivity contribution in [1.29, 1.82) is 0 Å². The molecule has 1 amide bonds. The number of aromatic hydroxyl groups is 1. The van der Waals surface area contributed by atoms with Gasteiger partial charge in [0.05, 0.1) is 19.8 Å². The van der Waals surface area contributed by atoms with Gasteiger partial charge >= 0.3 is 0 Å². The number of carbonyl (C=O) groups excluding carboxylic acids is 1. The number of phenolic OH excluding ortho intramolecular Hbond substituents is 1. The highest BCUT2D eigenvalue weighted by atomic mass is 16.5. The molecule has 1 rings (SSSR count). The van der Waals surface area contributed by atoms with Crippen LogP contribution in [-0.4, -0.2) is 49.1 Å². The van der Waals surface area contributed by atoms with Gasteiger partial charge in [0, 0.05) is 6.54 Å². The Labute approximate surface area is 105 Å². The molecular weight excluding hydrogens is 238 g/mol. The molecular formula is C12H17NO5. The first-order chi connectivity index (χ1) is 8.74. The van der Waals surface area contributed by atoms with E-state index in [-0.39, 0.29) is 37.2 Å². The summed E-state index contributed by atoms with van der Waals surface area (Å²) in [4.78, 5) is 11.3. The number of ether oxygens (including phenoxy) is 2. The number of hydrogen-bond donors (Lipinski definition) is 3. The van der Waals surface area contributed by atoms with Gasteiger partial charge in [-0.2, -0.15) is 0 Å². The minimum Gasteiger partial charge on any atom is -0.504 e. The second-order valence-electron chi connectivity index (χ2n) is 3.44. The summed E-state index contributed by atoms with van der Waals surface area (Å²) in [5.74, 6) is -0.0355. The number of carbonyl (C=O) groups is 1. The van der Waals surface area contributed by atoms with Crippen molar-refractivity contribution in [3.63, 3.8) is 0 Å². The first kappa shape index (κ1) is 14.3. The molecule has 6 nitrogen and oxygen atoms in total. The van der Waals surface area contributed by atoms with E-state index < -0.39 is 0 Å². The van der Waals surface area contributed by atoms with Crippen LogP contribution in [0.25, 0.3) is 0 Å². The minimum atomic E-state index is -0.300. The molecule has 0 saturated carbocycles. The van der Waals surface area contributed by atoms with Gasteiger partial charge in [0.1, 0.15) is 0 Å². The third-order valence-corrected chi connectivity index (χ3v) is 2.03. The summed E-state index contributed by atoms with van der Waals surface area (Å²) in [5, 5.41) is 20.4. The molecule has 0 saturated heterocycles. The van der Waals surface area contributed by atoms with E-state index in [1.807, 2.05) is 0 Å². The van der Waals surface area contributed by atoms with Crippen molar-refractivity contribution in [2.45, 2.75) is 0 Å². The van der Waals surface area contributed by atoms with Gasteiger partial charge in [-0.3, -0.25) is 4.79 Å². The van der Waals surface area contributed by atoms with E-state index in [1.54, 1.807) is 18.2 Å². The van der Waals surface area contributed by atoms with Crippen molar-refractivity contribution in [2.75, 3.05) is 33.0 Å². The second kappa shape index (κ2) is 8.32. The van der Waals surface area contributed by atoms with Crippen LogP contribution < -0.4 is 10.1 Å². The number of nitrogens with one attached hydrogen (secondary N) is 1. The average molecular weight is 255 g/mol. The summed E-state index contributed by atoms with van der Waals surface area (Å²) in [5.41, 5.74) is 0. The van der Waals surface area contributed by atoms with Gasteiger partial charge in [-0.1, -0.05) is 12.1 Å². The molecule has 0 aromatic heterocycles. The fourth-order valence-corrected chi connectivity index (χ4v) is 1.20. The Morgan fingerprint density at radius 3 is 2.78 bits per heavy atom. The Hall–Kier alpha value is -1.79. The SMILES string of the molecule is O=C(COc1ccccc1O)NCCOCCO. The molecule has 0 atom stereocenters. The summed E-state index contributed by atoms with van der Waals surface area (Å²) >= 11 is 0. The zero-order valence-electron chi connectivity index (χ0n) is 9.96. The maximum absolute atomic E-state index is 11.3. The fourth-order valence-electron chi connectivity index (χ4n) is 1.20. The molecule has 6 heteroatoms. The lowest BCUT2D eigenvalue weighted by atomic mass is 10.3. The number of amides is 1. The molecule has 0 unspecified atom stereocenters. The van der Waals surface area contributed by atoms with Crippen LogP contribution in [0.3, 0.4) is 0 Å². The van der Waals surface area contributed by atoms with Crippen LogP contribution in [0.4, 0.5) is 0 Å². The van der Waals surface area contributed by atoms with Crippen molar-refractivity contribution in [1.82, 2.24) is 5.32 Å². The van der Waals surface area contributed by atoms with Crippen LogP contribution in [0.5, 0.6) is 11.5 Å². The molecule has 0 aliphatic heterocycles. The van der Waals surface area contributed by atoms with Crippen LogP contribution in [0, 0.1) is 0 Å². The predicted octanol–water partition coefficient (Wildman–Crippen LogP) is -0.104. The summed E-state index contributed by atoms with van der Waals surface area (Å²) in [6.45, 7) is 0.734. The normalized spacial score (nSPS) is 10.1. The molecule has 100 valence electrons. The molecule has 0 fully saturated rings. The predicted molar refractivity (Wildman–Crippen MR) is 64.5 cm³/mol. The van der Waals surface area contributed by atoms with Crippen molar-refractivity contribution >= 4 is 5.91 Å². The molecule has 0 aliphatic rings. The van der Waals surface area contributed by atoms with Crippen molar-refractivity contribution < 1.29 is 24.5 Å². The number of rotatable bonds is 8. The molecule has 0 bridgehead atoms. The quantitative estimate of drug-likeness (QED) is 0.564. The summed E-state index contributed by atoms with van der Waals surface area (Å²) in [7, 11) is 0. The Morgan fingerprint density at radius 2 is 2.06 bits per heavy atom. The molecule has 3 N–H and O–H groups in total. The smallest absolute Gasteiger partial charge is 0.258 e. The van der Waals surface area contributed by atoms with E-state index in [1.165, 1.54) is 6.07 Å². The highest BCUT2D eigenvalue weighted by molar-refractivity contribution is 5.77. The number of hydrogen-bond acceptors (Lipinski definition) is 5. The average Bonchev–Trinajstić information content (AvgIpc) is 2.37. The zero-order chi connectivity index (χ0) is 13.2. The van der Waals surface area contributed by atoms with Gasteiger partial charge in [-0.05, 0) is 12.1 Å². The number of benzene rings is 1. The molecule has 0 aliphatic carbocycles. The fraction of sp³-hybridized carbons (Fsp3) is 0.417. The number of aliphatic hydroxyl groups is 1. The lowest BCUT2D eigenvalue weighted by molar-refractivity contribution is -0.123. The van der Waals surface area contributed by atoms with Gasteiger partial charge < -0.3 is 25.0 Å². The largest absolute Gasteiger partial charge is 0.504 e. The van der Waals surface area contributed by atoms with Gasteiger partial charge in [0.2, 0.25) is 0 Å². The number of aliphatic hydroxyl groups excluding tert-OH is 1. The number of phenols is 1. The van der Waals surface area contributed by atoms with E-state index in [9.17, 15) is 9.90 Å². The topological polar surface area (TPSA) is 88.0 Å². The maximum atomic E-state index is 11.3. The van der Waals surface area contributed by atoms with Crippen molar-refractivity contribution in [3.8, 4) is 11.5 Å². The Morgan fingerprint density at radius 1 is 1.28 bits per heavy atom. The Kier molecular flexibility index (Phi) is 6.60. The Bertz CT molecular complexity index is 369. The monoisotopic (exact) mass is 255 g/mol. The molecule has 0 spiro atoms. The second-order valence-corrected chi connectivity index (χ2v) is 3.44. The van der Waals surface area contributed by atoms with Crippen molar-refractivity contribution in [3.05, 3.63) is 24.3 Å². The van der Waals surface area contributed by atoms with Gasteiger partial charge in [-0.25, -0.2) is 0 Å². The van der Waals surface area contributed by atoms with Gasteiger partial charge in [-0.15, -0.1) is 0 Å². The molecule has 0 heterocycles. The van der Waals surface area contributed by atoms with Crippen LogP contribution >= 0.6 is 0 Å². The lowest BCUT2D eigenvalue weighted by Gasteiger charge is -2.08. The van der Waals surface area contributed by atoms with E-state index >= 15 is 0 Å². The first-order valence-electron chi connectivity index (χ1n) is 5.60. The lowest BCUT2D eigenvalue weighted by Crippen LogP contribution is -2.31. The summed E-state index contributed by atoms with van der Waals surface area (Å²) in [6, 6.07) is 6.43. The van der Waals surface area contributed by atoms with Crippen LogP contribution in [0.15, 0.2) is 24.3 Å². The summed E-state index contributed by atoms with van der Waals surface area (Å²) in [6.07, 6.45) is 0. The van der Waals surface area contributed by atoms with Gasteiger partial charge in [0.15, 0.2) is 18.1 Å².